The maximum Gasteiger partial charge on any atom is 0.181 e. The van der Waals surface area contributed by atoms with Gasteiger partial charge in [-0.1, -0.05) is 36.4 Å². The number of piperidine rings is 1. The Kier molecular flexibility index (Phi) is 4.84. The Morgan fingerprint density at radius 2 is 1.96 bits per heavy atom. The third-order valence-electron chi connectivity index (χ3n) is 4.84. The summed E-state index contributed by atoms with van der Waals surface area (Å²) in [6, 6.07) is 16.3. The summed E-state index contributed by atoms with van der Waals surface area (Å²) in [5.74, 6) is 2.24. The van der Waals surface area contributed by atoms with Crippen molar-refractivity contribution in [3.8, 4) is 11.4 Å². The van der Waals surface area contributed by atoms with Gasteiger partial charge in [0.15, 0.2) is 5.82 Å². The average Bonchev–Trinajstić information content (AvgIpc) is 3.18. The van der Waals surface area contributed by atoms with Crippen LogP contribution in [0.2, 0.25) is 0 Å². The molecule has 1 saturated heterocycles. The Morgan fingerprint density at radius 1 is 1.08 bits per heavy atom. The van der Waals surface area contributed by atoms with E-state index in [2.05, 4.69) is 32.2 Å². The third-order valence-corrected chi connectivity index (χ3v) is 4.84. The Hall–Kier alpha value is -2.53. The topological polar surface area (TPSA) is 57.7 Å². The number of pyridine rings is 1. The quantitative estimate of drug-likeness (QED) is 0.778. The van der Waals surface area contributed by atoms with Gasteiger partial charge in [0, 0.05) is 42.9 Å². The summed E-state index contributed by atoms with van der Waals surface area (Å²) in [6.45, 7) is 3.24. The second-order valence-electron chi connectivity index (χ2n) is 6.62. The van der Waals surface area contributed by atoms with Gasteiger partial charge in [0.1, 0.15) is 5.82 Å². The minimum atomic E-state index is 0.433. The standard InChI is InChI=1S/C20H23N5/c1-2-7-16(8-3-1)19-22-20(24-23-19)17-9-6-13-25(15-17)14-11-18-10-4-5-12-21-18/h1-5,7-8,10,12,17H,6,9,11,13-15H2,(H,22,23,24). The van der Waals surface area contributed by atoms with Crippen molar-refractivity contribution in [2.24, 2.45) is 0 Å². The van der Waals surface area contributed by atoms with Crippen molar-refractivity contribution in [1.82, 2.24) is 25.1 Å². The highest BCUT2D eigenvalue weighted by molar-refractivity contribution is 5.53. The van der Waals surface area contributed by atoms with Gasteiger partial charge in [-0.25, -0.2) is 4.98 Å². The molecule has 3 heterocycles. The summed E-state index contributed by atoms with van der Waals surface area (Å²) >= 11 is 0. The Balaban J connectivity index is 1.39. The van der Waals surface area contributed by atoms with Crippen molar-refractivity contribution < 1.29 is 0 Å². The Bertz CT molecular complexity index is 784. The molecule has 2 aromatic heterocycles. The van der Waals surface area contributed by atoms with Crippen LogP contribution in [0.25, 0.3) is 11.4 Å². The van der Waals surface area contributed by atoms with Crippen molar-refractivity contribution in [1.29, 1.82) is 0 Å². The van der Waals surface area contributed by atoms with Crippen LogP contribution in [0.3, 0.4) is 0 Å². The lowest BCUT2D eigenvalue weighted by Gasteiger charge is -2.31. The molecule has 1 fully saturated rings. The van der Waals surface area contributed by atoms with E-state index in [1.165, 1.54) is 12.8 Å². The molecule has 3 aromatic rings. The van der Waals surface area contributed by atoms with Gasteiger partial charge >= 0.3 is 0 Å². The van der Waals surface area contributed by atoms with Crippen LogP contribution in [-0.4, -0.2) is 44.7 Å². The summed E-state index contributed by atoms with van der Waals surface area (Å²) in [4.78, 5) is 11.7. The van der Waals surface area contributed by atoms with Crippen LogP contribution in [0, 0.1) is 0 Å². The number of hydrogen-bond donors (Lipinski definition) is 1. The van der Waals surface area contributed by atoms with E-state index in [0.29, 0.717) is 5.92 Å². The number of nitrogens with one attached hydrogen (secondary N) is 1. The molecule has 1 atom stereocenters. The van der Waals surface area contributed by atoms with E-state index in [1.807, 2.05) is 42.6 Å². The smallest absolute Gasteiger partial charge is 0.181 e. The van der Waals surface area contributed by atoms with Gasteiger partial charge in [-0.05, 0) is 31.5 Å². The molecular weight excluding hydrogens is 310 g/mol. The van der Waals surface area contributed by atoms with Crippen LogP contribution in [0.4, 0.5) is 0 Å². The molecule has 1 aromatic carbocycles. The number of hydrogen-bond acceptors (Lipinski definition) is 4. The van der Waals surface area contributed by atoms with Crippen molar-refractivity contribution in [2.45, 2.75) is 25.2 Å². The summed E-state index contributed by atoms with van der Waals surface area (Å²) in [7, 11) is 0. The van der Waals surface area contributed by atoms with Gasteiger partial charge in [-0.15, -0.1) is 0 Å². The minimum absolute atomic E-state index is 0.433. The first-order chi connectivity index (χ1) is 12.4. The number of aromatic nitrogens is 4. The fraction of sp³-hybridized carbons (Fsp3) is 0.350. The molecule has 0 spiro atoms. The highest BCUT2D eigenvalue weighted by Gasteiger charge is 2.24. The molecule has 1 aliphatic rings. The average molecular weight is 333 g/mol. The molecule has 0 aliphatic carbocycles. The second kappa shape index (κ2) is 7.57. The number of aromatic amines is 1. The van der Waals surface area contributed by atoms with E-state index in [1.54, 1.807) is 0 Å². The zero-order valence-electron chi connectivity index (χ0n) is 14.3. The van der Waals surface area contributed by atoms with Gasteiger partial charge in [0.05, 0.1) is 0 Å². The summed E-state index contributed by atoms with van der Waals surface area (Å²) in [6.07, 6.45) is 5.24. The van der Waals surface area contributed by atoms with Gasteiger partial charge in [0.25, 0.3) is 0 Å². The van der Waals surface area contributed by atoms with Crippen LogP contribution >= 0.6 is 0 Å². The molecule has 0 saturated carbocycles. The van der Waals surface area contributed by atoms with Crippen molar-refractivity contribution in [2.75, 3.05) is 19.6 Å². The van der Waals surface area contributed by atoms with Crippen LogP contribution in [0.5, 0.6) is 0 Å². The van der Waals surface area contributed by atoms with Gasteiger partial charge in [-0.2, -0.15) is 5.10 Å². The van der Waals surface area contributed by atoms with Crippen molar-refractivity contribution in [3.05, 3.63) is 66.2 Å². The van der Waals surface area contributed by atoms with Gasteiger partial charge in [-0.3, -0.25) is 10.1 Å². The van der Waals surface area contributed by atoms with Crippen LogP contribution < -0.4 is 0 Å². The lowest BCUT2D eigenvalue weighted by Crippen LogP contribution is -2.36. The zero-order valence-corrected chi connectivity index (χ0v) is 14.3. The molecule has 4 rings (SSSR count). The molecule has 1 aliphatic heterocycles. The van der Waals surface area contributed by atoms with E-state index < -0.39 is 0 Å². The minimum Gasteiger partial charge on any atom is -0.302 e. The zero-order chi connectivity index (χ0) is 16.9. The third kappa shape index (κ3) is 3.94. The van der Waals surface area contributed by atoms with E-state index in [9.17, 15) is 0 Å². The highest BCUT2D eigenvalue weighted by Crippen LogP contribution is 2.26. The van der Waals surface area contributed by atoms with Crippen LogP contribution in [0.1, 0.15) is 30.3 Å². The largest absolute Gasteiger partial charge is 0.302 e. The Morgan fingerprint density at radius 3 is 2.80 bits per heavy atom. The van der Waals surface area contributed by atoms with Gasteiger partial charge in [0.2, 0.25) is 0 Å². The monoisotopic (exact) mass is 333 g/mol. The normalized spacial score (nSPS) is 18.3. The molecule has 1 N–H and O–H groups in total. The molecule has 5 nitrogen and oxygen atoms in total. The predicted molar refractivity (Wildman–Crippen MR) is 98.2 cm³/mol. The number of H-pyrrole nitrogens is 1. The molecule has 0 radical (unpaired) electrons. The first-order valence-electron chi connectivity index (χ1n) is 8.98. The highest BCUT2D eigenvalue weighted by atomic mass is 15.2. The first-order valence-corrected chi connectivity index (χ1v) is 8.98. The molecule has 1 unspecified atom stereocenters. The molecule has 0 amide bonds. The molecule has 0 bridgehead atoms. The number of likely N-dealkylation sites (tertiary alicyclic amines) is 1. The van der Waals surface area contributed by atoms with Crippen molar-refractivity contribution >= 4 is 0 Å². The van der Waals surface area contributed by atoms with Gasteiger partial charge < -0.3 is 4.90 Å². The number of benzene rings is 1. The SMILES string of the molecule is c1ccc(-c2n[nH]c(C3CCCN(CCc4ccccn4)C3)n2)cc1. The fourth-order valence-electron chi connectivity index (χ4n) is 3.47. The van der Waals surface area contributed by atoms with Crippen LogP contribution in [-0.2, 0) is 6.42 Å². The molecular formula is C20H23N5. The molecule has 128 valence electrons. The number of nitrogens with zero attached hydrogens (tertiary/aromatic N) is 4. The van der Waals surface area contributed by atoms with E-state index >= 15 is 0 Å². The number of rotatable bonds is 5. The molecule has 25 heavy (non-hydrogen) atoms. The second-order valence-corrected chi connectivity index (χ2v) is 6.62. The van der Waals surface area contributed by atoms with E-state index in [4.69, 9.17) is 4.98 Å². The Labute approximate surface area is 148 Å². The summed E-state index contributed by atoms with van der Waals surface area (Å²) in [5, 5.41) is 7.58. The predicted octanol–water partition coefficient (Wildman–Crippen LogP) is 3.29. The lowest BCUT2D eigenvalue weighted by molar-refractivity contribution is 0.206. The van der Waals surface area contributed by atoms with E-state index in [-0.39, 0.29) is 0 Å². The first kappa shape index (κ1) is 16.0. The fourth-order valence-corrected chi connectivity index (χ4v) is 3.47. The van der Waals surface area contributed by atoms with E-state index in [0.717, 1.165) is 49.0 Å². The van der Waals surface area contributed by atoms with Crippen LogP contribution in [0.15, 0.2) is 54.7 Å². The van der Waals surface area contributed by atoms with Crippen molar-refractivity contribution in [3.63, 3.8) is 0 Å². The summed E-state index contributed by atoms with van der Waals surface area (Å²) in [5.41, 5.74) is 2.23. The summed E-state index contributed by atoms with van der Waals surface area (Å²) < 4.78 is 0. The molecule has 5 heteroatoms. The maximum absolute atomic E-state index is 4.75. The maximum atomic E-state index is 4.75. The lowest BCUT2D eigenvalue weighted by atomic mass is 9.97.